The van der Waals surface area contributed by atoms with Crippen molar-refractivity contribution in [3.05, 3.63) is 72.0 Å². The van der Waals surface area contributed by atoms with Crippen LogP contribution in [-0.2, 0) is 19.5 Å². The molecular weight excluding hydrogens is 343 g/mol. The molecule has 5 rings (SSSR count). The van der Waals surface area contributed by atoms with Crippen LogP contribution in [0.2, 0.25) is 0 Å². The average Bonchev–Trinajstić information content (AvgIpc) is 3.10. The molecule has 1 aromatic carbocycles. The van der Waals surface area contributed by atoms with E-state index >= 15 is 0 Å². The number of halogens is 1. The second kappa shape index (κ2) is 6.51. The van der Waals surface area contributed by atoms with Gasteiger partial charge in [-0.25, -0.2) is 24.3 Å². The summed E-state index contributed by atoms with van der Waals surface area (Å²) < 4.78 is 13.6. The van der Waals surface area contributed by atoms with Crippen molar-refractivity contribution >= 4 is 10.9 Å². The molecule has 134 valence electrons. The van der Waals surface area contributed by atoms with Crippen LogP contribution in [0.5, 0.6) is 0 Å². The minimum atomic E-state index is -0.213. The zero-order valence-corrected chi connectivity index (χ0v) is 14.6. The van der Waals surface area contributed by atoms with Crippen LogP contribution in [0.25, 0.3) is 22.3 Å². The first-order valence-corrected chi connectivity index (χ1v) is 8.84. The second-order valence-electron chi connectivity index (χ2n) is 6.76. The van der Waals surface area contributed by atoms with Crippen LogP contribution in [-0.4, -0.2) is 36.4 Å². The van der Waals surface area contributed by atoms with E-state index in [4.69, 9.17) is 4.98 Å². The first kappa shape index (κ1) is 16.0. The number of nitrogens with zero attached hydrogens (tertiary/aromatic N) is 5. The predicted molar refractivity (Wildman–Crippen MR) is 99.1 cm³/mol. The fourth-order valence-corrected chi connectivity index (χ4v) is 3.57. The molecule has 0 bridgehead atoms. The molecule has 4 aromatic rings. The van der Waals surface area contributed by atoms with E-state index in [2.05, 4.69) is 24.8 Å². The normalized spacial score (nSPS) is 14.4. The Balaban J connectivity index is 1.41. The first-order chi connectivity index (χ1) is 13.3. The van der Waals surface area contributed by atoms with Crippen molar-refractivity contribution in [2.24, 2.45) is 0 Å². The van der Waals surface area contributed by atoms with Gasteiger partial charge in [0, 0.05) is 55.3 Å². The lowest BCUT2D eigenvalue weighted by molar-refractivity contribution is 0.242. The Hall–Kier alpha value is -3.19. The lowest BCUT2D eigenvalue weighted by atomic mass is 10.1. The van der Waals surface area contributed by atoms with E-state index in [-0.39, 0.29) is 5.82 Å². The van der Waals surface area contributed by atoms with E-state index in [9.17, 15) is 4.39 Å². The van der Waals surface area contributed by atoms with Crippen molar-refractivity contribution < 1.29 is 4.39 Å². The minimum absolute atomic E-state index is 0.213. The maximum absolute atomic E-state index is 13.6. The Morgan fingerprint density at radius 2 is 2.04 bits per heavy atom. The average molecular weight is 360 g/mol. The lowest BCUT2D eigenvalue weighted by Gasteiger charge is -2.27. The molecule has 0 aliphatic carbocycles. The van der Waals surface area contributed by atoms with Gasteiger partial charge in [0.25, 0.3) is 0 Å². The van der Waals surface area contributed by atoms with Gasteiger partial charge in [0.2, 0.25) is 0 Å². The van der Waals surface area contributed by atoms with Gasteiger partial charge in [0.15, 0.2) is 5.82 Å². The Bertz CT molecular complexity index is 1110. The largest absolute Gasteiger partial charge is 0.361 e. The van der Waals surface area contributed by atoms with Crippen LogP contribution in [0.3, 0.4) is 0 Å². The molecule has 27 heavy (non-hydrogen) atoms. The minimum Gasteiger partial charge on any atom is -0.361 e. The van der Waals surface area contributed by atoms with Crippen LogP contribution in [0.15, 0.2) is 49.3 Å². The number of H-pyrrole nitrogens is 1. The quantitative estimate of drug-likeness (QED) is 0.608. The molecule has 3 aromatic heterocycles. The number of fused-ring (bicyclic) bond motifs is 2. The summed E-state index contributed by atoms with van der Waals surface area (Å²) in [6, 6.07) is 4.85. The standard InChI is InChI=1S/C20H17FN6/c21-16-1-2-18-17(5-16)15(9-24-18)10-27-4-3-13-8-25-20(26-19(13)11-27)14-6-22-12-23-7-14/h1-2,5-9,12,24H,3-4,10-11H2. The third-order valence-corrected chi connectivity index (χ3v) is 4.97. The number of rotatable bonds is 3. The van der Waals surface area contributed by atoms with Gasteiger partial charge in [-0.3, -0.25) is 4.90 Å². The third-order valence-electron chi connectivity index (χ3n) is 4.97. The van der Waals surface area contributed by atoms with Crippen LogP contribution in [0.1, 0.15) is 16.8 Å². The summed E-state index contributed by atoms with van der Waals surface area (Å²) in [7, 11) is 0. The summed E-state index contributed by atoms with van der Waals surface area (Å²) in [6.45, 7) is 2.41. The summed E-state index contributed by atoms with van der Waals surface area (Å²) in [4.78, 5) is 22.8. The molecule has 6 nitrogen and oxygen atoms in total. The van der Waals surface area contributed by atoms with Gasteiger partial charge in [-0.2, -0.15) is 0 Å². The molecular formula is C20H17FN6. The van der Waals surface area contributed by atoms with Crippen molar-refractivity contribution in [2.45, 2.75) is 19.5 Å². The smallest absolute Gasteiger partial charge is 0.162 e. The van der Waals surface area contributed by atoms with Gasteiger partial charge >= 0.3 is 0 Å². The molecule has 7 heteroatoms. The molecule has 0 fully saturated rings. The highest BCUT2D eigenvalue weighted by molar-refractivity contribution is 5.83. The molecule has 0 amide bonds. The zero-order chi connectivity index (χ0) is 18.2. The van der Waals surface area contributed by atoms with E-state index in [0.29, 0.717) is 5.82 Å². The SMILES string of the molecule is Fc1ccc2[nH]cc(CN3CCc4cnc(-c5cncnc5)nc4C3)c2c1. The monoisotopic (exact) mass is 360 g/mol. The highest BCUT2D eigenvalue weighted by Gasteiger charge is 2.20. The Kier molecular flexibility index (Phi) is 3.86. The van der Waals surface area contributed by atoms with Gasteiger partial charge in [0.05, 0.1) is 11.3 Å². The zero-order valence-electron chi connectivity index (χ0n) is 14.6. The van der Waals surface area contributed by atoms with Gasteiger partial charge in [0.1, 0.15) is 12.1 Å². The topological polar surface area (TPSA) is 70.6 Å². The molecule has 0 saturated heterocycles. The highest BCUT2D eigenvalue weighted by Crippen LogP contribution is 2.25. The third kappa shape index (κ3) is 3.06. The van der Waals surface area contributed by atoms with Crippen LogP contribution < -0.4 is 0 Å². The number of hydrogen-bond acceptors (Lipinski definition) is 5. The molecule has 0 atom stereocenters. The molecule has 4 heterocycles. The summed E-state index contributed by atoms with van der Waals surface area (Å²) in [5.41, 5.74) is 5.07. The Morgan fingerprint density at radius 3 is 2.93 bits per heavy atom. The van der Waals surface area contributed by atoms with Crippen molar-refractivity contribution in [3.63, 3.8) is 0 Å². The molecule has 0 unspecified atom stereocenters. The number of nitrogens with one attached hydrogen (secondary N) is 1. The maximum Gasteiger partial charge on any atom is 0.162 e. The number of hydrogen-bond donors (Lipinski definition) is 1. The van der Waals surface area contributed by atoms with Gasteiger partial charge in [-0.05, 0) is 35.7 Å². The van der Waals surface area contributed by atoms with Crippen LogP contribution in [0, 0.1) is 5.82 Å². The number of benzene rings is 1. The fourth-order valence-electron chi connectivity index (χ4n) is 3.57. The molecule has 0 saturated carbocycles. The summed E-state index contributed by atoms with van der Waals surface area (Å²) in [5.74, 6) is 0.431. The Labute approximate surface area is 155 Å². The van der Waals surface area contributed by atoms with Crippen molar-refractivity contribution in [3.8, 4) is 11.4 Å². The van der Waals surface area contributed by atoms with E-state index < -0.39 is 0 Å². The molecule has 1 aliphatic rings. The number of aromatic amines is 1. The molecule has 0 radical (unpaired) electrons. The van der Waals surface area contributed by atoms with E-state index in [1.54, 1.807) is 24.5 Å². The van der Waals surface area contributed by atoms with E-state index in [1.165, 1.54) is 18.0 Å². The van der Waals surface area contributed by atoms with Crippen molar-refractivity contribution in [1.82, 2.24) is 29.8 Å². The fraction of sp³-hybridized carbons (Fsp3) is 0.200. The summed E-state index contributed by atoms with van der Waals surface area (Å²) in [5, 5.41) is 0.936. The summed E-state index contributed by atoms with van der Waals surface area (Å²) in [6.07, 6.45) is 9.70. The van der Waals surface area contributed by atoms with Crippen LogP contribution >= 0.6 is 0 Å². The van der Waals surface area contributed by atoms with E-state index in [1.807, 2.05) is 12.4 Å². The summed E-state index contributed by atoms with van der Waals surface area (Å²) >= 11 is 0. The van der Waals surface area contributed by atoms with Crippen molar-refractivity contribution in [2.75, 3.05) is 6.54 Å². The van der Waals surface area contributed by atoms with Gasteiger partial charge < -0.3 is 4.98 Å². The van der Waals surface area contributed by atoms with E-state index in [0.717, 1.165) is 53.8 Å². The first-order valence-electron chi connectivity index (χ1n) is 8.84. The van der Waals surface area contributed by atoms with Crippen LogP contribution in [0.4, 0.5) is 4.39 Å². The van der Waals surface area contributed by atoms with Gasteiger partial charge in [-0.15, -0.1) is 0 Å². The van der Waals surface area contributed by atoms with Gasteiger partial charge in [-0.1, -0.05) is 0 Å². The predicted octanol–water partition coefficient (Wildman–Crippen LogP) is 3.11. The molecule has 1 N–H and O–H groups in total. The maximum atomic E-state index is 13.6. The lowest BCUT2D eigenvalue weighted by Crippen LogP contribution is -2.31. The second-order valence-corrected chi connectivity index (χ2v) is 6.76. The number of aromatic nitrogens is 5. The molecule has 1 aliphatic heterocycles. The highest BCUT2D eigenvalue weighted by atomic mass is 19.1. The Morgan fingerprint density at radius 1 is 1.15 bits per heavy atom. The van der Waals surface area contributed by atoms with Crippen molar-refractivity contribution in [1.29, 1.82) is 0 Å². The molecule has 0 spiro atoms.